The summed E-state index contributed by atoms with van der Waals surface area (Å²) < 4.78 is 6.37. The van der Waals surface area contributed by atoms with Crippen LogP contribution in [-0.4, -0.2) is 34.9 Å². The van der Waals surface area contributed by atoms with Crippen LogP contribution < -0.4 is 0 Å². The normalized spacial score (nSPS) is 25.9. The average molecular weight is 366 g/mol. The van der Waals surface area contributed by atoms with Gasteiger partial charge in [0.05, 0.1) is 4.08 Å². The zero-order valence-electron chi connectivity index (χ0n) is 14.7. The van der Waals surface area contributed by atoms with Crippen LogP contribution in [-0.2, 0) is 10.5 Å². The molecule has 0 aromatic carbocycles. The molecule has 1 aromatic heterocycles. The SMILES string of the molecule is CCC1CCCCN1C(=O)c1oc2c(c1C)C1(CCC2)SCCS1. The lowest BCUT2D eigenvalue weighted by atomic mass is 9.93. The van der Waals surface area contributed by atoms with Crippen molar-refractivity contribution in [2.75, 3.05) is 18.1 Å². The molecule has 3 aliphatic rings. The lowest BCUT2D eigenvalue weighted by Gasteiger charge is -2.34. The number of rotatable bonds is 2. The summed E-state index contributed by atoms with van der Waals surface area (Å²) in [7, 11) is 0. The Morgan fingerprint density at radius 3 is 2.83 bits per heavy atom. The third kappa shape index (κ3) is 2.63. The summed E-state index contributed by atoms with van der Waals surface area (Å²) in [5.41, 5.74) is 2.48. The standard InChI is InChI=1S/C19H27NO2S2/c1-3-14-7-4-5-10-20(14)18(21)17-13(2)16-15(22-17)8-6-9-19(16)23-11-12-24-19/h14H,3-12H2,1-2H3. The van der Waals surface area contributed by atoms with Gasteiger partial charge in [-0.25, -0.2) is 0 Å². The van der Waals surface area contributed by atoms with Crippen molar-refractivity contribution in [3.63, 3.8) is 0 Å². The molecule has 132 valence electrons. The van der Waals surface area contributed by atoms with E-state index < -0.39 is 0 Å². The molecule has 1 amide bonds. The Morgan fingerprint density at radius 2 is 2.08 bits per heavy atom. The summed E-state index contributed by atoms with van der Waals surface area (Å²) in [5.74, 6) is 4.28. The van der Waals surface area contributed by atoms with Crippen LogP contribution >= 0.6 is 23.5 Å². The number of hydrogen-bond donors (Lipinski definition) is 0. The van der Waals surface area contributed by atoms with Crippen LogP contribution in [0.3, 0.4) is 0 Å². The van der Waals surface area contributed by atoms with Gasteiger partial charge in [0.15, 0.2) is 5.76 Å². The van der Waals surface area contributed by atoms with Gasteiger partial charge in [0.2, 0.25) is 0 Å². The average Bonchev–Trinajstić information content (AvgIpc) is 3.20. The third-order valence-electron chi connectivity index (χ3n) is 5.82. The minimum atomic E-state index is 0.136. The van der Waals surface area contributed by atoms with Gasteiger partial charge in [-0.15, -0.1) is 23.5 Å². The van der Waals surface area contributed by atoms with E-state index in [1.165, 1.54) is 36.3 Å². The number of piperidine rings is 1. The lowest BCUT2D eigenvalue weighted by Crippen LogP contribution is -2.43. The molecule has 0 saturated carbocycles. The minimum absolute atomic E-state index is 0.136. The zero-order valence-corrected chi connectivity index (χ0v) is 16.4. The van der Waals surface area contributed by atoms with Crippen molar-refractivity contribution in [2.24, 2.45) is 0 Å². The highest BCUT2D eigenvalue weighted by Crippen LogP contribution is 2.59. The first kappa shape index (κ1) is 16.9. The molecule has 1 spiro atoms. The highest BCUT2D eigenvalue weighted by atomic mass is 32.2. The predicted octanol–water partition coefficient (Wildman–Crippen LogP) is 4.96. The van der Waals surface area contributed by atoms with Crippen LogP contribution in [0.5, 0.6) is 0 Å². The van der Waals surface area contributed by atoms with Crippen LogP contribution in [0.15, 0.2) is 4.42 Å². The molecule has 0 bridgehead atoms. The first-order chi connectivity index (χ1) is 11.7. The summed E-state index contributed by atoms with van der Waals surface area (Å²) in [5, 5.41) is 0. The molecule has 5 heteroatoms. The molecule has 1 unspecified atom stereocenters. The first-order valence-electron chi connectivity index (χ1n) is 9.38. The molecule has 2 aliphatic heterocycles. The van der Waals surface area contributed by atoms with Gasteiger partial charge < -0.3 is 9.32 Å². The van der Waals surface area contributed by atoms with Crippen molar-refractivity contribution in [3.8, 4) is 0 Å². The number of fused-ring (bicyclic) bond motifs is 2. The van der Waals surface area contributed by atoms with Crippen molar-refractivity contribution in [3.05, 3.63) is 22.6 Å². The van der Waals surface area contributed by atoms with E-state index in [0.717, 1.165) is 43.6 Å². The van der Waals surface area contributed by atoms with Gasteiger partial charge in [-0.1, -0.05) is 6.92 Å². The van der Waals surface area contributed by atoms with Crippen molar-refractivity contribution in [1.29, 1.82) is 0 Å². The first-order valence-corrected chi connectivity index (χ1v) is 11.3. The molecule has 24 heavy (non-hydrogen) atoms. The quantitative estimate of drug-likeness (QED) is 0.741. The fourth-order valence-electron chi connectivity index (χ4n) is 4.62. The van der Waals surface area contributed by atoms with E-state index in [9.17, 15) is 4.79 Å². The van der Waals surface area contributed by atoms with Gasteiger partial charge in [0.25, 0.3) is 5.91 Å². The van der Waals surface area contributed by atoms with Gasteiger partial charge in [0, 0.05) is 41.6 Å². The molecule has 3 heterocycles. The maximum atomic E-state index is 13.2. The van der Waals surface area contributed by atoms with Crippen LogP contribution in [0.25, 0.3) is 0 Å². The Hall–Kier alpha value is -0.550. The van der Waals surface area contributed by atoms with Crippen LogP contribution in [0.1, 0.15) is 72.9 Å². The number of nitrogens with zero attached hydrogens (tertiary/aromatic N) is 1. The fourth-order valence-corrected chi connectivity index (χ4v) is 8.18. The molecular weight excluding hydrogens is 338 g/mol. The number of carbonyl (C=O) groups excluding carboxylic acids is 1. The molecule has 1 atom stereocenters. The number of amides is 1. The van der Waals surface area contributed by atoms with E-state index in [-0.39, 0.29) is 9.99 Å². The predicted molar refractivity (Wildman–Crippen MR) is 102 cm³/mol. The number of hydrogen-bond acceptors (Lipinski definition) is 4. The second kappa shape index (κ2) is 6.64. The van der Waals surface area contributed by atoms with E-state index in [2.05, 4.69) is 42.3 Å². The smallest absolute Gasteiger partial charge is 0.290 e. The van der Waals surface area contributed by atoms with Crippen LogP contribution in [0, 0.1) is 6.92 Å². The highest BCUT2D eigenvalue weighted by Gasteiger charge is 2.45. The van der Waals surface area contributed by atoms with E-state index >= 15 is 0 Å². The van der Waals surface area contributed by atoms with E-state index in [1.807, 2.05) is 0 Å². The second-order valence-corrected chi connectivity index (χ2v) is 10.3. The number of carbonyl (C=O) groups is 1. The number of aryl methyl sites for hydroxylation is 1. The zero-order chi connectivity index (χ0) is 16.7. The summed E-state index contributed by atoms with van der Waals surface area (Å²) in [6.07, 6.45) is 7.92. The van der Waals surface area contributed by atoms with Crippen molar-refractivity contribution >= 4 is 29.4 Å². The number of furan rings is 1. The Kier molecular flexibility index (Phi) is 4.67. The molecule has 2 fully saturated rings. The minimum Gasteiger partial charge on any atom is -0.455 e. The van der Waals surface area contributed by atoms with Crippen molar-refractivity contribution < 1.29 is 9.21 Å². The summed E-state index contributed by atoms with van der Waals surface area (Å²) in [6.45, 7) is 5.20. The monoisotopic (exact) mass is 365 g/mol. The third-order valence-corrected chi connectivity index (χ3v) is 9.35. The summed E-state index contributed by atoms with van der Waals surface area (Å²) in [4.78, 5) is 15.3. The number of thioether (sulfide) groups is 2. The van der Waals surface area contributed by atoms with Gasteiger partial charge >= 0.3 is 0 Å². The van der Waals surface area contributed by atoms with Crippen LogP contribution in [0.2, 0.25) is 0 Å². The molecular formula is C19H27NO2S2. The molecule has 1 aliphatic carbocycles. The van der Waals surface area contributed by atoms with Gasteiger partial charge in [-0.2, -0.15) is 0 Å². The van der Waals surface area contributed by atoms with Crippen LogP contribution in [0.4, 0.5) is 0 Å². The summed E-state index contributed by atoms with van der Waals surface area (Å²) in [6, 6.07) is 0.386. The Balaban J connectivity index is 1.70. The lowest BCUT2D eigenvalue weighted by molar-refractivity contribution is 0.0572. The highest BCUT2D eigenvalue weighted by molar-refractivity contribution is 8.20. The van der Waals surface area contributed by atoms with Gasteiger partial charge in [-0.05, 0) is 45.4 Å². The Morgan fingerprint density at radius 1 is 1.29 bits per heavy atom. The topological polar surface area (TPSA) is 33.5 Å². The maximum absolute atomic E-state index is 13.2. The molecule has 4 rings (SSSR count). The summed E-state index contributed by atoms with van der Waals surface area (Å²) >= 11 is 4.13. The largest absolute Gasteiger partial charge is 0.455 e. The molecule has 1 aromatic rings. The van der Waals surface area contributed by atoms with Gasteiger partial charge in [0.1, 0.15) is 5.76 Å². The fraction of sp³-hybridized carbons (Fsp3) is 0.737. The molecule has 0 radical (unpaired) electrons. The maximum Gasteiger partial charge on any atom is 0.290 e. The molecule has 3 nitrogen and oxygen atoms in total. The van der Waals surface area contributed by atoms with Crippen molar-refractivity contribution in [2.45, 2.75) is 68.9 Å². The molecule has 2 saturated heterocycles. The van der Waals surface area contributed by atoms with Crippen molar-refractivity contribution in [1.82, 2.24) is 4.90 Å². The van der Waals surface area contributed by atoms with E-state index in [4.69, 9.17) is 4.42 Å². The Bertz CT molecular complexity index is 634. The van der Waals surface area contributed by atoms with E-state index in [0.29, 0.717) is 11.8 Å². The Labute approximate surface area is 153 Å². The molecule has 0 N–H and O–H groups in total. The second-order valence-electron chi connectivity index (χ2n) is 7.21. The van der Waals surface area contributed by atoms with Gasteiger partial charge in [-0.3, -0.25) is 4.79 Å². The van der Waals surface area contributed by atoms with E-state index in [1.54, 1.807) is 0 Å². The number of likely N-dealkylation sites (tertiary alicyclic amines) is 1.